The fourth-order valence-corrected chi connectivity index (χ4v) is 4.45. The van der Waals surface area contributed by atoms with Gasteiger partial charge < -0.3 is 0 Å². The smallest absolute Gasteiger partial charge is 0.137 e. The van der Waals surface area contributed by atoms with Gasteiger partial charge in [0.15, 0.2) is 0 Å². The minimum absolute atomic E-state index is 0.306. The maximum Gasteiger partial charge on any atom is 0.137 e. The number of aromatic nitrogens is 1. The van der Waals surface area contributed by atoms with E-state index >= 15 is 0 Å². The van der Waals surface area contributed by atoms with Gasteiger partial charge in [-0.2, -0.15) is 0 Å². The van der Waals surface area contributed by atoms with Crippen molar-refractivity contribution in [3.63, 3.8) is 0 Å². The quantitative estimate of drug-likeness (QED) is 0.850. The summed E-state index contributed by atoms with van der Waals surface area (Å²) in [4.78, 5) is 19.3. The highest BCUT2D eigenvalue weighted by Crippen LogP contribution is 2.34. The van der Waals surface area contributed by atoms with E-state index in [1.54, 1.807) is 11.3 Å². The van der Waals surface area contributed by atoms with Crippen molar-refractivity contribution >= 4 is 17.1 Å². The lowest BCUT2D eigenvalue weighted by molar-refractivity contribution is -0.122. The largest absolute Gasteiger partial charge is 0.299 e. The normalized spacial score (nSPS) is 27.9. The molecular formula is C16H24N2OS. The Balaban J connectivity index is 1.67. The predicted molar refractivity (Wildman–Crippen MR) is 82.0 cm³/mol. The third-order valence-electron chi connectivity index (χ3n) is 4.66. The van der Waals surface area contributed by atoms with Crippen LogP contribution in [-0.4, -0.2) is 28.3 Å². The van der Waals surface area contributed by atoms with E-state index in [4.69, 9.17) is 4.98 Å². The van der Waals surface area contributed by atoms with Crippen LogP contribution in [0.1, 0.15) is 62.6 Å². The van der Waals surface area contributed by atoms with Crippen LogP contribution in [0, 0.1) is 5.92 Å². The van der Waals surface area contributed by atoms with Crippen LogP contribution < -0.4 is 0 Å². The first-order chi connectivity index (χ1) is 9.65. The molecule has 110 valence electrons. The van der Waals surface area contributed by atoms with Gasteiger partial charge in [-0.3, -0.25) is 9.69 Å². The van der Waals surface area contributed by atoms with Gasteiger partial charge in [0.2, 0.25) is 0 Å². The van der Waals surface area contributed by atoms with Gasteiger partial charge in [-0.05, 0) is 32.2 Å². The number of carbonyl (C=O) groups is 1. The monoisotopic (exact) mass is 292 g/mol. The minimum Gasteiger partial charge on any atom is -0.299 e. The van der Waals surface area contributed by atoms with Crippen LogP contribution in [0.25, 0.3) is 0 Å². The first-order valence-electron chi connectivity index (χ1n) is 7.86. The van der Waals surface area contributed by atoms with E-state index in [0.29, 0.717) is 23.7 Å². The molecule has 0 bridgehead atoms. The molecule has 1 aliphatic heterocycles. The van der Waals surface area contributed by atoms with Crippen molar-refractivity contribution in [1.29, 1.82) is 0 Å². The number of rotatable bonds is 4. The Kier molecular flexibility index (Phi) is 4.22. The molecule has 3 rings (SSSR count). The number of Topliss-reactive ketones (excluding diaryl/α,β-unsaturated/α-hetero) is 1. The number of nitrogens with zero attached hydrogens (tertiary/aromatic N) is 2. The Morgan fingerprint density at radius 3 is 2.90 bits per heavy atom. The Morgan fingerprint density at radius 2 is 2.25 bits per heavy atom. The molecule has 0 amide bonds. The van der Waals surface area contributed by atoms with E-state index in [-0.39, 0.29) is 0 Å². The first-order valence-corrected chi connectivity index (χ1v) is 8.74. The molecule has 1 aliphatic carbocycles. The molecule has 2 heterocycles. The topological polar surface area (TPSA) is 33.2 Å². The van der Waals surface area contributed by atoms with E-state index in [9.17, 15) is 4.79 Å². The van der Waals surface area contributed by atoms with E-state index in [0.717, 1.165) is 32.4 Å². The Labute approximate surface area is 125 Å². The average molecular weight is 292 g/mol. The predicted octanol–water partition coefficient (Wildman–Crippen LogP) is 3.60. The zero-order valence-electron chi connectivity index (χ0n) is 12.5. The molecule has 0 radical (unpaired) electrons. The highest BCUT2D eigenvalue weighted by molar-refractivity contribution is 7.09. The molecule has 1 aromatic heterocycles. The molecule has 1 saturated carbocycles. The molecule has 2 aliphatic rings. The van der Waals surface area contributed by atoms with Crippen molar-refractivity contribution in [2.24, 2.45) is 5.92 Å². The van der Waals surface area contributed by atoms with Gasteiger partial charge in [0.05, 0.1) is 10.7 Å². The van der Waals surface area contributed by atoms with Gasteiger partial charge in [0.25, 0.3) is 0 Å². The fraction of sp³-hybridized carbons (Fsp3) is 0.750. The zero-order chi connectivity index (χ0) is 14.1. The van der Waals surface area contributed by atoms with Crippen LogP contribution in [0.3, 0.4) is 0 Å². The van der Waals surface area contributed by atoms with Crippen molar-refractivity contribution < 1.29 is 4.79 Å². The number of ketones is 1. The molecule has 1 saturated heterocycles. The molecule has 2 fully saturated rings. The Morgan fingerprint density at radius 1 is 1.40 bits per heavy atom. The van der Waals surface area contributed by atoms with E-state index < -0.39 is 0 Å². The SMILES string of the molecule is CC(C)c1nc(CN2CCCC2C2CCCC2=O)cs1. The molecule has 3 nitrogen and oxygen atoms in total. The number of likely N-dealkylation sites (tertiary alicyclic amines) is 1. The summed E-state index contributed by atoms with van der Waals surface area (Å²) in [5.74, 6) is 1.32. The number of carbonyl (C=O) groups excluding carboxylic acids is 1. The molecule has 1 aromatic rings. The van der Waals surface area contributed by atoms with Crippen LogP contribution in [0.5, 0.6) is 0 Å². The maximum atomic E-state index is 12.0. The average Bonchev–Trinajstić information content (AvgIpc) is 3.10. The number of hydrogen-bond acceptors (Lipinski definition) is 4. The third kappa shape index (κ3) is 2.82. The van der Waals surface area contributed by atoms with Crippen LogP contribution in [0.4, 0.5) is 0 Å². The van der Waals surface area contributed by atoms with E-state index in [2.05, 4.69) is 24.1 Å². The highest BCUT2D eigenvalue weighted by atomic mass is 32.1. The maximum absolute atomic E-state index is 12.0. The van der Waals surface area contributed by atoms with Crippen molar-refractivity contribution in [1.82, 2.24) is 9.88 Å². The summed E-state index contributed by atoms with van der Waals surface area (Å²) in [6.07, 6.45) is 5.44. The third-order valence-corrected chi connectivity index (χ3v) is 5.85. The Bertz CT molecular complexity index is 483. The minimum atomic E-state index is 0.306. The molecule has 0 N–H and O–H groups in total. The van der Waals surface area contributed by atoms with Crippen LogP contribution in [0.15, 0.2) is 5.38 Å². The second-order valence-electron chi connectivity index (χ2n) is 6.48. The summed E-state index contributed by atoms with van der Waals surface area (Å²) in [6.45, 7) is 6.44. The standard InChI is InChI=1S/C16H24N2OS/c1-11(2)16-17-12(10-20-16)9-18-8-4-6-14(18)13-5-3-7-15(13)19/h10-11,13-14H,3-9H2,1-2H3. The summed E-state index contributed by atoms with van der Waals surface area (Å²) < 4.78 is 0. The molecule has 0 aromatic carbocycles. The fourth-order valence-electron chi connectivity index (χ4n) is 3.62. The van der Waals surface area contributed by atoms with Crippen LogP contribution in [0.2, 0.25) is 0 Å². The van der Waals surface area contributed by atoms with Crippen molar-refractivity contribution in [2.75, 3.05) is 6.54 Å². The summed E-state index contributed by atoms with van der Waals surface area (Å²) in [6, 6.07) is 0.481. The van der Waals surface area contributed by atoms with Crippen molar-refractivity contribution in [3.05, 3.63) is 16.1 Å². The first kappa shape index (κ1) is 14.2. The molecule has 0 spiro atoms. The van der Waals surface area contributed by atoms with E-state index in [1.807, 2.05) is 0 Å². The summed E-state index contributed by atoms with van der Waals surface area (Å²) >= 11 is 1.77. The summed E-state index contributed by atoms with van der Waals surface area (Å²) in [7, 11) is 0. The summed E-state index contributed by atoms with van der Waals surface area (Å²) in [5.41, 5.74) is 1.19. The van der Waals surface area contributed by atoms with Gasteiger partial charge in [-0.15, -0.1) is 11.3 Å². The van der Waals surface area contributed by atoms with Crippen LogP contribution >= 0.6 is 11.3 Å². The lowest BCUT2D eigenvalue weighted by Crippen LogP contribution is -2.37. The van der Waals surface area contributed by atoms with Crippen LogP contribution in [-0.2, 0) is 11.3 Å². The van der Waals surface area contributed by atoms with Gasteiger partial charge >= 0.3 is 0 Å². The van der Waals surface area contributed by atoms with Gasteiger partial charge in [0.1, 0.15) is 5.78 Å². The molecule has 20 heavy (non-hydrogen) atoms. The van der Waals surface area contributed by atoms with Gasteiger partial charge in [-0.25, -0.2) is 4.98 Å². The second-order valence-corrected chi connectivity index (χ2v) is 7.37. The number of hydrogen-bond donors (Lipinski definition) is 0. The Hall–Kier alpha value is -0.740. The highest BCUT2D eigenvalue weighted by Gasteiger charge is 2.38. The molecule has 2 unspecified atom stereocenters. The molecule has 4 heteroatoms. The van der Waals surface area contributed by atoms with Crippen molar-refractivity contribution in [2.45, 2.75) is 64.5 Å². The van der Waals surface area contributed by atoms with Gasteiger partial charge in [-0.1, -0.05) is 13.8 Å². The van der Waals surface area contributed by atoms with Gasteiger partial charge in [0, 0.05) is 36.2 Å². The summed E-state index contributed by atoms with van der Waals surface area (Å²) in [5, 5.41) is 3.42. The lowest BCUT2D eigenvalue weighted by Gasteiger charge is -2.27. The number of thiazole rings is 1. The lowest BCUT2D eigenvalue weighted by atomic mass is 9.95. The van der Waals surface area contributed by atoms with Crippen molar-refractivity contribution in [3.8, 4) is 0 Å². The zero-order valence-corrected chi connectivity index (χ0v) is 13.3. The molecule has 2 atom stereocenters. The van der Waals surface area contributed by atoms with E-state index in [1.165, 1.54) is 23.5 Å². The second kappa shape index (κ2) is 5.94. The molecular weight excluding hydrogens is 268 g/mol.